The van der Waals surface area contributed by atoms with Crippen molar-refractivity contribution in [2.75, 3.05) is 11.1 Å². The van der Waals surface area contributed by atoms with Gasteiger partial charge in [0.1, 0.15) is 0 Å². The predicted molar refractivity (Wildman–Crippen MR) is 101 cm³/mol. The predicted octanol–water partition coefficient (Wildman–Crippen LogP) is 2.86. The number of nitrogens with one attached hydrogen (secondary N) is 2. The summed E-state index contributed by atoms with van der Waals surface area (Å²) in [4.78, 5) is 20.6. The highest BCUT2D eigenvalue weighted by molar-refractivity contribution is 5.97. The largest absolute Gasteiger partial charge is 0.368 e. The summed E-state index contributed by atoms with van der Waals surface area (Å²) in [5, 5.41) is 6.15. The van der Waals surface area contributed by atoms with Gasteiger partial charge in [0.05, 0.1) is 11.2 Å². The van der Waals surface area contributed by atoms with E-state index < -0.39 is 5.54 Å². The van der Waals surface area contributed by atoms with Crippen molar-refractivity contribution in [2.24, 2.45) is 0 Å². The topological polar surface area (TPSA) is 92.9 Å². The molecule has 6 heteroatoms. The lowest BCUT2D eigenvalue weighted by Gasteiger charge is -2.25. The highest BCUT2D eigenvalue weighted by Crippen LogP contribution is 2.23. The second-order valence-corrected chi connectivity index (χ2v) is 7.67. The van der Waals surface area contributed by atoms with E-state index in [4.69, 9.17) is 5.73 Å². The standard InChI is InChI=1S/C19H27N5O/c1-18(2,3)13-6-8-14(9-7-13)23-16(25)19(4,5)22-12-15-10-11-21-17(20)24-15/h6-11,22H,12H2,1-5H3,(H,23,25)(H2,20,21,24). The molecule has 0 fully saturated rings. The van der Waals surface area contributed by atoms with E-state index in [1.54, 1.807) is 12.3 Å². The molecule has 134 valence electrons. The Kier molecular flexibility index (Phi) is 5.42. The fourth-order valence-electron chi connectivity index (χ4n) is 2.24. The van der Waals surface area contributed by atoms with Crippen molar-refractivity contribution >= 4 is 17.5 Å². The van der Waals surface area contributed by atoms with Gasteiger partial charge < -0.3 is 11.1 Å². The number of aromatic nitrogens is 2. The van der Waals surface area contributed by atoms with Crippen LogP contribution < -0.4 is 16.4 Å². The molecule has 0 unspecified atom stereocenters. The number of rotatable bonds is 5. The van der Waals surface area contributed by atoms with Crippen LogP contribution in [0, 0.1) is 0 Å². The van der Waals surface area contributed by atoms with Crippen LogP contribution in [0.1, 0.15) is 45.9 Å². The van der Waals surface area contributed by atoms with E-state index in [1.807, 2.05) is 38.1 Å². The Hall–Kier alpha value is -2.47. The van der Waals surface area contributed by atoms with Crippen LogP contribution in [0.5, 0.6) is 0 Å². The van der Waals surface area contributed by atoms with E-state index >= 15 is 0 Å². The molecule has 0 saturated heterocycles. The first-order chi connectivity index (χ1) is 11.6. The lowest BCUT2D eigenvalue weighted by Crippen LogP contribution is -2.49. The Labute approximate surface area is 149 Å². The van der Waals surface area contributed by atoms with E-state index in [0.717, 1.165) is 11.4 Å². The first kappa shape index (κ1) is 18.9. The lowest BCUT2D eigenvalue weighted by molar-refractivity contribution is -0.121. The van der Waals surface area contributed by atoms with Crippen molar-refractivity contribution in [1.29, 1.82) is 0 Å². The normalized spacial score (nSPS) is 12.0. The quantitative estimate of drug-likeness (QED) is 0.777. The van der Waals surface area contributed by atoms with Crippen LogP contribution in [0.25, 0.3) is 0 Å². The third kappa shape index (κ3) is 5.26. The summed E-state index contributed by atoms with van der Waals surface area (Å²) >= 11 is 0. The second kappa shape index (κ2) is 7.19. The Bertz CT molecular complexity index is 732. The molecule has 0 aliphatic rings. The third-order valence-electron chi connectivity index (χ3n) is 4.02. The molecule has 0 aliphatic carbocycles. The number of anilines is 2. The van der Waals surface area contributed by atoms with Crippen molar-refractivity contribution in [3.05, 3.63) is 47.8 Å². The molecule has 0 saturated carbocycles. The number of hydrogen-bond acceptors (Lipinski definition) is 5. The zero-order valence-electron chi connectivity index (χ0n) is 15.6. The molecule has 1 aromatic heterocycles. The minimum Gasteiger partial charge on any atom is -0.368 e. The van der Waals surface area contributed by atoms with Crippen molar-refractivity contribution in [3.63, 3.8) is 0 Å². The Morgan fingerprint density at radius 2 is 1.72 bits per heavy atom. The summed E-state index contributed by atoms with van der Waals surface area (Å²) in [7, 11) is 0. The number of amides is 1. The number of nitrogen functional groups attached to an aromatic ring is 1. The molecule has 0 spiro atoms. The number of carbonyl (C=O) groups excluding carboxylic acids is 1. The molecule has 0 bridgehead atoms. The molecule has 6 nitrogen and oxygen atoms in total. The minimum atomic E-state index is -0.761. The van der Waals surface area contributed by atoms with Crippen LogP contribution in [0.2, 0.25) is 0 Å². The Balaban J connectivity index is 1.98. The van der Waals surface area contributed by atoms with E-state index in [9.17, 15) is 4.79 Å². The van der Waals surface area contributed by atoms with Crippen LogP contribution in [0.4, 0.5) is 11.6 Å². The molecule has 2 rings (SSSR count). The second-order valence-electron chi connectivity index (χ2n) is 7.67. The van der Waals surface area contributed by atoms with Crippen LogP contribution in [-0.2, 0) is 16.8 Å². The van der Waals surface area contributed by atoms with Crippen molar-refractivity contribution < 1.29 is 4.79 Å². The molecule has 0 radical (unpaired) electrons. The van der Waals surface area contributed by atoms with Gasteiger partial charge in [-0.15, -0.1) is 0 Å². The summed E-state index contributed by atoms with van der Waals surface area (Å²) in [5.41, 5.74) is 7.64. The number of nitrogens with two attached hydrogens (primary N) is 1. The summed E-state index contributed by atoms with van der Waals surface area (Å²) in [6.07, 6.45) is 1.60. The van der Waals surface area contributed by atoms with Crippen LogP contribution >= 0.6 is 0 Å². The molecular formula is C19H27N5O. The maximum absolute atomic E-state index is 12.6. The minimum absolute atomic E-state index is 0.0861. The number of carbonyl (C=O) groups is 1. The smallest absolute Gasteiger partial charge is 0.244 e. The van der Waals surface area contributed by atoms with Crippen LogP contribution in [0.15, 0.2) is 36.5 Å². The van der Waals surface area contributed by atoms with E-state index in [1.165, 1.54) is 5.56 Å². The third-order valence-corrected chi connectivity index (χ3v) is 4.02. The van der Waals surface area contributed by atoms with Crippen LogP contribution in [-0.4, -0.2) is 21.4 Å². The molecule has 0 atom stereocenters. The van der Waals surface area contributed by atoms with E-state index in [0.29, 0.717) is 6.54 Å². The summed E-state index contributed by atoms with van der Waals surface area (Å²) in [6, 6.07) is 9.71. The van der Waals surface area contributed by atoms with Gasteiger partial charge in [-0.1, -0.05) is 32.9 Å². The Morgan fingerprint density at radius 1 is 1.08 bits per heavy atom. The zero-order valence-corrected chi connectivity index (χ0v) is 15.6. The lowest BCUT2D eigenvalue weighted by atomic mass is 9.87. The monoisotopic (exact) mass is 341 g/mol. The van der Waals surface area contributed by atoms with Gasteiger partial charge in [-0.25, -0.2) is 9.97 Å². The van der Waals surface area contributed by atoms with Gasteiger partial charge in [0.2, 0.25) is 11.9 Å². The molecule has 1 amide bonds. The Morgan fingerprint density at radius 3 is 2.28 bits per heavy atom. The van der Waals surface area contributed by atoms with Gasteiger partial charge in [-0.3, -0.25) is 10.1 Å². The highest BCUT2D eigenvalue weighted by Gasteiger charge is 2.27. The van der Waals surface area contributed by atoms with Gasteiger partial charge in [-0.05, 0) is 43.0 Å². The van der Waals surface area contributed by atoms with Crippen molar-refractivity contribution in [2.45, 2.75) is 52.1 Å². The number of hydrogen-bond donors (Lipinski definition) is 3. The van der Waals surface area contributed by atoms with Gasteiger partial charge >= 0.3 is 0 Å². The van der Waals surface area contributed by atoms with E-state index in [2.05, 4.69) is 41.4 Å². The van der Waals surface area contributed by atoms with Gasteiger partial charge in [0.25, 0.3) is 0 Å². The summed E-state index contributed by atoms with van der Waals surface area (Å²) in [6.45, 7) is 10.6. The molecule has 4 N–H and O–H groups in total. The SMILES string of the molecule is CC(C)(NCc1ccnc(N)n1)C(=O)Nc1ccc(C(C)(C)C)cc1. The van der Waals surface area contributed by atoms with Gasteiger partial charge in [0.15, 0.2) is 0 Å². The first-order valence-corrected chi connectivity index (χ1v) is 8.32. The average Bonchev–Trinajstić information content (AvgIpc) is 2.53. The van der Waals surface area contributed by atoms with Crippen LogP contribution in [0.3, 0.4) is 0 Å². The molecule has 2 aromatic rings. The highest BCUT2D eigenvalue weighted by atomic mass is 16.2. The molecule has 0 aliphatic heterocycles. The van der Waals surface area contributed by atoms with Gasteiger partial charge in [-0.2, -0.15) is 0 Å². The summed E-state index contributed by atoms with van der Waals surface area (Å²) < 4.78 is 0. The zero-order chi connectivity index (χ0) is 18.7. The molecule has 25 heavy (non-hydrogen) atoms. The maximum atomic E-state index is 12.6. The van der Waals surface area contributed by atoms with E-state index in [-0.39, 0.29) is 17.3 Å². The summed E-state index contributed by atoms with van der Waals surface area (Å²) in [5.74, 6) is 0.110. The fraction of sp³-hybridized carbons (Fsp3) is 0.421. The maximum Gasteiger partial charge on any atom is 0.244 e. The first-order valence-electron chi connectivity index (χ1n) is 8.32. The molecule has 1 heterocycles. The number of nitrogens with zero attached hydrogens (tertiary/aromatic N) is 2. The van der Waals surface area contributed by atoms with Crippen molar-refractivity contribution in [1.82, 2.24) is 15.3 Å². The fourth-order valence-corrected chi connectivity index (χ4v) is 2.24. The average molecular weight is 341 g/mol. The number of benzene rings is 1. The molecular weight excluding hydrogens is 314 g/mol. The van der Waals surface area contributed by atoms with Gasteiger partial charge in [0, 0.05) is 18.4 Å². The van der Waals surface area contributed by atoms with Crippen molar-refractivity contribution in [3.8, 4) is 0 Å². The molecule has 1 aromatic carbocycles.